The maximum atomic E-state index is 11.5. The zero-order valence-electron chi connectivity index (χ0n) is 11.7. The van der Waals surface area contributed by atoms with Gasteiger partial charge in [-0.1, -0.05) is 0 Å². The highest BCUT2D eigenvalue weighted by Crippen LogP contribution is 2.27. The molecule has 1 heterocycles. The fraction of sp³-hybridized carbons (Fsp3) is 0.214. The molecule has 0 aliphatic carbocycles. The number of hydrogen-bond donors (Lipinski definition) is 2. The fourth-order valence-electron chi connectivity index (χ4n) is 1.88. The van der Waals surface area contributed by atoms with Crippen LogP contribution in [0, 0.1) is 17.0 Å². The van der Waals surface area contributed by atoms with Gasteiger partial charge in [-0.05, 0) is 31.2 Å². The molecule has 0 atom stereocenters. The number of nitrogens with one attached hydrogen (secondary N) is 2. The number of nitrogens with zero attached hydrogens (tertiary/aromatic N) is 1. The van der Waals surface area contributed by atoms with E-state index in [0.29, 0.717) is 12.2 Å². The van der Waals surface area contributed by atoms with Crippen molar-refractivity contribution in [3.05, 3.63) is 55.8 Å². The summed E-state index contributed by atoms with van der Waals surface area (Å²) in [5, 5.41) is 16.6. The van der Waals surface area contributed by atoms with Crippen molar-refractivity contribution in [2.75, 3.05) is 12.4 Å². The highest BCUT2D eigenvalue weighted by molar-refractivity contribution is 7.11. The minimum Gasteiger partial charge on any atom is -0.375 e. The standard InChI is InChI=1S/C14H15N3O3S/c1-9-3-5-11(21-9)8-16-12-6-4-10(14(18)15-2)7-13(12)17(19)20/h3-7,16H,8H2,1-2H3,(H,15,18). The average Bonchev–Trinajstić information content (AvgIpc) is 2.89. The van der Waals surface area contributed by atoms with Crippen LogP contribution >= 0.6 is 11.3 Å². The molecule has 7 heteroatoms. The number of thiophene rings is 1. The largest absolute Gasteiger partial charge is 0.375 e. The predicted molar refractivity (Wildman–Crippen MR) is 82.9 cm³/mol. The summed E-state index contributed by atoms with van der Waals surface area (Å²) in [6.07, 6.45) is 0. The Morgan fingerprint density at radius 2 is 2.10 bits per heavy atom. The minimum absolute atomic E-state index is 0.107. The van der Waals surface area contributed by atoms with Gasteiger partial charge < -0.3 is 10.6 Å². The summed E-state index contributed by atoms with van der Waals surface area (Å²) in [6, 6.07) is 8.39. The predicted octanol–water partition coefficient (Wildman–Crippen LogP) is 2.94. The maximum absolute atomic E-state index is 11.5. The van der Waals surface area contributed by atoms with Crippen LogP contribution in [-0.4, -0.2) is 17.9 Å². The number of carbonyl (C=O) groups excluding carboxylic acids is 1. The Kier molecular flexibility index (Phi) is 4.54. The van der Waals surface area contributed by atoms with Gasteiger partial charge in [-0.2, -0.15) is 0 Å². The molecule has 0 aliphatic heterocycles. The summed E-state index contributed by atoms with van der Waals surface area (Å²) in [5.74, 6) is -0.349. The molecule has 1 amide bonds. The number of carbonyl (C=O) groups is 1. The van der Waals surface area contributed by atoms with E-state index < -0.39 is 4.92 Å². The number of nitro benzene ring substituents is 1. The Bertz CT molecular complexity index is 682. The third-order valence-corrected chi connectivity index (χ3v) is 3.93. The molecule has 0 spiro atoms. The molecule has 1 aromatic heterocycles. The van der Waals surface area contributed by atoms with Crippen molar-refractivity contribution in [1.29, 1.82) is 0 Å². The first-order valence-corrected chi connectivity index (χ1v) is 7.12. The second kappa shape index (κ2) is 6.36. The van der Waals surface area contributed by atoms with E-state index in [0.717, 1.165) is 4.88 Å². The van der Waals surface area contributed by atoms with Crippen molar-refractivity contribution in [2.24, 2.45) is 0 Å². The van der Waals surface area contributed by atoms with E-state index in [1.807, 2.05) is 19.1 Å². The molecule has 0 fully saturated rings. The number of aryl methyl sites for hydroxylation is 1. The van der Waals surface area contributed by atoms with Gasteiger partial charge in [0.15, 0.2) is 0 Å². The van der Waals surface area contributed by atoms with Crippen molar-refractivity contribution < 1.29 is 9.72 Å². The lowest BCUT2D eigenvalue weighted by Crippen LogP contribution is -2.18. The van der Waals surface area contributed by atoms with Crippen molar-refractivity contribution in [3.8, 4) is 0 Å². The molecule has 0 unspecified atom stereocenters. The van der Waals surface area contributed by atoms with Crippen LogP contribution < -0.4 is 10.6 Å². The molecule has 0 aliphatic rings. The Hall–Kier alpha value is -2.41. The number of anilines is 1. The Morgan fingerprint density at radius 1 is 1.33 bits per heavy atom. The summed E-state index contributed by atoms with van der Waals surface area (Å²) in [4.78, 5) is 24.5. The summed E-state index contributed by atoms with van der Waals surface area (Å²) < 4.78 is 0. The van der Waals surface area contributed by atoms with Crippen LogP contribution in [0.15, 0.2) is 30.3 Å². The molecule has 2 N–H and O–H groups in total. The van der Waals surface area contributed by atoms with Gasteiger partial charge in [0.05, 0.1) is 4.92 Å². The number of hydrogen-bond acceptors (Lipinski definition) is 5. The second-order valence-corrected chi connectivity index (χ2v) is 5.81. The first-order valence-electron chi connectivity index (χ1n) is 6.31. The number of nitro groups is 1. The SMILES string of the molecule is CNC(=O)c1ccc(NCc2ccc(C)s2)c([N+](=O)[O-])c1. The van der Waals surface area contributed by atoms with Gasteiger partial charge in [0.1, 0.15) is 5.69 Å². The van der Waals surface area contributed by atoms with Crippen molar-refractivity contribution >= 4 is 28.6 Å². The molecule has 2 aromatic rings. The van der Waals surface area contributed by atoms with Crippen molar-refractivity contribution in [2.45, 2.75) is 13.5 Å². The van der Waals surface area contributed by atoms with Gasteiger partial charge in [0.2, 0.25) is 0 Å². The lowest BCUT2D eigenvalue weighted by atomic mass is 10.1. The number of amides is 1. The summed E-state index contributed by atoms with van der Waals surface area (Å²) in [7, 11) is 1.49. The Labute approximate surface area is 126 Å². The van der Waals surface area contributed by atoms with Crippen LogP contribution in [0.2, 0.25) is 0 Å². The molecule has 21 heavy (non-hydrogen) atoms. The second-order valence-electron chi connectivity index (χ2n) is 4.43. The first kappa shape index (κ1) is 15.0. The van der Waals surface area contributed by atoms with Crippen molar-refractivity contribution in [3.63, 3.8) is 0 Å². The van der Waals surface area contributed by atoms with E-state index in [9.17, 15) is 14.9 Å². The highest BCUT2D eigenvalue weighted by Gasteiger charge is 2.17. The van der Waals surface area contributed by atoms with Crippen LogP contribution in [0.25, 0.3) is 0 Å². The summed E-state index contributed by atoms with van der Waals surface area (Å²) in [6.45, 7) is 2.52. The average molecular weight is 305 g/mol. The van der Waals surface area contributed by atoms with Crippen LogP contribution in [-0.2, 0) is 6.54 Å². The monoisotopic (exact) mass is 305 g/mol. The molecular weight excluding hydrogens is 290 g/mol. The van der Waals surface area contributed by atoms with Gasteiger partial charge in [0, 0.05) is 35.0 Å². The van der Waals surface area contributed by atoms with Crippen LogP contribution in [0.1, 0.15) is 20.1 Å². The number of benzene rings is 1. The summed E-state index contributed by atoms with van der Waals surface area (Å²) in [5.41, 5.74) is 0.560. The molecule has 0 radical (unpaired) electrons. The maximum Gasteiger partial charge on any atom is 0.293 e. The van der Waals surface area contributed by atoms with Crippen molar-refractivity contribution in [1.82, 2.24) is 5.32 Å². The van der Waals surface area contributed by atoms with Crippen LogP contribution in [0.4, 0.5) is 11.4 Å². The molecule has 110 valence electrons. The molecule has 6 nitrogen and oxygen atoms in total. The zero-order valence-corrected chi connectivity index (χ0v) is 12.5. The molecule has 2 rings (SSSR count). The highest BCUT2D eigenvalue weighted by atomic mass is 32.1. The van der Waals surface area contributed by atoms with Gasteiger partial charge in [-0.3, -0.25) is 14.9 Å². The molecular formula is C14H15N3O3S. The normalized spacial score (nSPS) is 10.2. The van der Waals surface area contributed by atoms with E-state index in [2.05, 4.69) is 10.6 Å². The number of rotatable bonds is 5. The van der Waals surface area contributed by atoms with Gasteiger partial charge in [-0.15, -0.1) is 11.3 Å². The minimum atomic E-state index is -0.492. The van der Waals surface area contributed by atoms with Crippen LogP contribution in [0.5, 0.6) is 0 Å². The fourth-order valence-corrected chi connectivity index (χ4v) is 2.71. The smallest absolute Gasteiger partial charge is 0.293 e. The summed E-state index contributed by atoms with van der Waals surface area (Å²) >= 11 is 1.64. The third-order valence-electron chi connectivity index (χ3n) is 2.93. The molecule has 0 saturated carbocycles. The third kappa shape index (κ3) is 3.57. The zero-order chi connectivity index (χ0) is 15.4. The van der Waals surface area contributed by atoms with Gasteiger partial charge in [0.25, 0.3) is 11.6 Å². The van der Waals surface area contributed by atoms with E-state index in [4.69, 9.17) is 0 Å². The van der Waals surface area contributed by atoms with Gasteiger partial charge in [-0.25, -0.2) is 0 Å². The van der Waals surface area contributed by atoms with E-state index in [1.165, 1.54) is 18.0 Å². The molecule has 0 saturated heterocycles. The lowest BCUT2D eigenvalue weighted by molar-refractivity contribution is -0.384. The van der Waals surface area contributed by atoms with Crippen LogP contribution in [0.3, 0.4) is 0 Å². The quantitative estimate of drug-likeness (QED) is 0.657. The van der Waals surface area contributed by atoms with E-state index in [1.54, 1.807) is 23.5 Å². The molecule has 1 aromatic carbocycles. The molecule has 0 bridgehead atoms. The Morgan fingerprint density at radius 3 is 2.67 bits per heavy atom. The topological polar surface area (TPSA) is 84.3 Å². The Balaban J connectivity index is 2.22. The first-order chi connectivity index (χ1) is 10.0. The van der Waals surface area contributed by atoms with E-state index >= 15 is 0 Å². The lowest BCUT2D eigenvalue weighted by Gasteiger charge is -2.07. The van der Waals surface area contributed by atoms with E-state index in [-0.39, 0.29) is 17.2 Å². The van der Waals surface area contributed by atoms with Gasteiger partial charge >= 0.3 is 0 Å².